The van der Waals surface area contributed by atoms with Crippen LogP contribution in [0.25, 0.3) is 0 Å². The highest BCUT2D eigenvalue weighted by molar-refractivity contribution is 9.10. The van der Waals surface area contributed by atoms with E-state index in [9.17, 15) is 24.5 Å². The van der Waals surface area contributed by atoms with Crippen molar-refractivity contribution in [1.29, 1.82) is 5.26 Å². The number of carboxylic acid groups (broad SMARTS) is 1. The Labute approximate surface area is 223 Å². The maximum Gasteiger partial charge on any atom is 0.434 e. The quantitative estimate of drug-likeness (QED) is 0.304. The summed E-state index contributed by atoms with van der Waals surface area (Å²) in [7, 11) is 0. The van der Waals surface area contributed by atoms with Gasteiger partial charge in [-0.25, -0.2) is 19.0 Å². The zero-order valence-electron chi connectivity index (χ0n) is 19.8. The van der Waals surface area contributed by atoms with Gasteiger partial charge in [0, 0.05) is 31.5 Å². The summed E-state index contributed by atoms with van der Waals surface area (Å²) >= 11 is 9.17. The first kappa shape index (κ1) is 28.9. The summed E-state index contributed by atoms with van der Waals surface area (Å²) in [5.74, 6) is -7.16. The first-order valence-corrected chi connectivity index (χ1v) is 12.1. The summed E-state index contributed by atoms with van der Waals surface area (Å²) in [6.07, 6.45) is -0.313. The number of hydrogen-bond donors (Lipinski definition) is 1. The molecule has 12 heteroatoms. The normalized spacial score (nSPS) is 24.5. The highest BCUT2D eigenvalue weighted by atomic mass is 79.9. The molecule has 1 aliphatic heterocycles. The zero-order chi connectivity index (χ0) is 27.9. The van der Waals surface area contributed by atoms with E-state index in [-0.39, 0.29) is 21.9 Å². The van der Waals surface area contributed by atoms with Crippen molar-refractivity contribution in [1.82, 2.24) is 4.90 Å². The number of carbonyl (C=O) groups is 2. The molecule has 1 aliphatic rings. The SMILES string of the molecule is CC(C)(C)C[C@@H]1N(C(F)(F)C(=O)OF)[C@@H](C(=O)O)[C@H](c2cccc(Br)c2)[C@@]1(C#N)c1ccc(Cl)cc1F. The second-order valence-electron chi connectivity index (χ2n) is 10.0. The molecule has 6 nitrogen and oxygen atoms in total. The fourth-order valence-corrected chi connectivity index (χ4v) is 5.75. The van der Waals surface area contributed by atoms with Crippen LogP contribution < -0.4 is 0 Å². The van der Waals surface area contributed by atoms with Gasteiger partial charge < -0.3 is 5.11 Å². The summed E-state index contributed by atoms with van der Waals surface area (Å²) in [6, 6.07) is 2.23. The van der Waals surface area contributed by atoms with E-state index in [0.29, 0.717) is 4.47 Å². The van der Waals surface area contributed by atoms with Crippen molar-refractivity contribution < 1.29 is 37.3 Å². The minimum atomic E-state index is -4.83. The van der Waals surface area contributed by atoms with Gasteiger partial charge in [0.05, 0.1) is 6.07 Å². The van der Waals surface area contributed by atoms with Gasteiger partial charge in [-0.05, 0) is 41.7 Å². The number of likely N-dealkylation sites (tertiary alicyclic amines) is 1. The molecule has 1 heterocycles. The molecule has 1 fully saturated rings. The third-order valence-corrected chi connectivity index (χ3v) is 7.16. The lowest BCUT2D eigenvalue weighted by Crippen LogP contribution is -2.58. The van der Waals surface area contributed by atoms with Crippen LogP contribution in [0.1, 0.15) is 44.2 Å². The molecule has 1 N–H and O–H groups in total. The maximum absolute atomic E-state index is 15.6. The molecule has 0 amide bonds. The van der Waals surface area contributed by atoms with E-state index in [1.807, 2.05) is 6.07 Å². The monoisotopic (exact) mass is 604 g/mol. The minimum absolute atomic E-state index is 0.0225. The van der Waals surface area contributed by atoms with Crippen LogP contribution in [0.2, 0.25) is 5.02 Å². The van der Waals surface area contributed by atoms with Gasteiger partial charge in [0.1, 0.15) is 17.3 Å². The van der Waals surface area contributed by atoms with Gasteiger partial charge in [0.25, 0.3) is 0 Å². The Bertz CT molecular complexity index is 1270. The smallest absolute Gasteiger partial charge is 0.434 e. The summed E-state index contributed by atoms with van der Waals surface area (Å²) < 4.78 is 60.0. The van der Waals surface area contributed by atoms with Gasteiger partial charge >= 0.3 is 18.0 Å². The Morgan fingerprint density at radius 2 is 1.89 bits per heavy atom. The Morgan fingerprint density at radius 3 is 2.38 bits per heavy atom. The highest BCUT2D eigenvalue weighted by Crippen LogP contribution is 2.58. The maximum atomic E-state index is 15.6. The minimum Gasteiger partial charge on any atom is -0.480 e. The number of rotatable bonds is 6. The fraction of sp³-hybridized carbons (Fsp3) is 0.400. The molecular weight excluding hydrogens is 584 g/mol. The second kappa shape index (κ2) is 10.2. The van der Waals surface area contributed by atoms with E-state index in [1.54, 1.807) is 26.8 Å². The fourth-order valence-electron chi connectivity index (χ4n) is 5.17. The van der Waals surface area contributed by atoms with Crippen LogP contribution in [0.15, 0.2) is 46.9 Å². The molecule has 198 valence electrons. The highest BCUT2D eigenvalue weighted by Gasteiger charge is 2.71. The first-order valence-electron chi connectivity index (χ1n) is 11.0. The van der Waals surface area contributed by atoms with Crippen LogP contribution in [-0.4, -0.2) is 40.1 Å². The number of alkyl halides is 2. The molecule has 2 aromatic rings. The Hall–Kier alpha value is -2.68. The molecule has 1 saturated heterocycles. The van der Waals surface area contributed by atoms with E-state index in [2.05, 4.69) is 20.9 Å². The van der Waals surface area contributed by atoms with Gasteiger partial charge in [-0.15, -0.1) is 0 Å². The third-order valence-electron chi connectivity index (χ3n) is 6.44. The summed E-state index contributed by atoms with van der Waals surface area (Å²) in [6.45, 7) is 4.91. The molecule has 0 aliphatic carbocycles. The van der Waals surface area contributed by atoms with Crippen LogP contribution in [0.5, 0.6) is 0 Å². The molecule has 0 bridgehead atoms. The summed E-state index contributed by atoms with van der Waals surface area (Å²) in [5.41, 5.74) is -3.44. The molecular formula is C25H22BrClF4N2O4. The lowest BCUT2D eigenvalue weighted by Gasteiger charge is -2.40. The van der Waals surface area contributed by atoms with E-state index in [1.165, 1.54) is 24.3 Å². The van der Waals surface area contributed by atoms with Crippen molar-refractivity contribution in [2.45, 2.75) is 56.7 Å². The second-order valence-corrected chi connectivity index (χ2v) is 11.4. The Kier molecular flexibility index (Phi) is 7.99. The van der Waals surface area contributed by atoms with E-state index < -0.39 is 58.2 Å². The Morgan fingerprint density at radius 1 is 1.24 bits per heavy atom. The average Bonchev–Trinajstić information content (AvgIpc) is 3.08. The van der Waals surface area contributed by atoms with Gasteiger partial charge in [-0.2, -0.15) is 14.0 Å². The lowest BCUT2D eigenvalue weighted by molar-refractivity contribution is -0.245. The van der Waals surface area contributed by atoms with Crippen molar-refractivity contribution in [3.63, 3.8) is 0 Å². The van der Waals surface area contributed by atoms with Crippen LogP contribution in [0.4, 0.5) is 17.7 Å². The topological polar surface area (TPSA) is 90.6 Å². The van der Waals surface area contributed by atoms with Crippen molar-refractivity contribution in [3.05, 3.63) is 68.9 Å². The van der Waals surface area contributed by atoms with E-state index in [4.69, 9.17) is 11.6 Å². The van der Waals surface area contributed by atoms with Crippen LogP contribution in [-0.2, 0) is 19.9 Å². The summed E-state index contributed by atoms with van der Waals surface area (Å²) in [5, 5.41) is 20.9. The number of nitrogens with zero attached hydrogens (tertiary/aromatic N) is 2. The molecule has 0 saturated carbocycles. The van der Waals surface area contributed by atoms with Crippen molar-refractivity contribution in [2.75, 3.05) is 0 Å². The molecule has 4 atom stereocenters. The predicted molar refractivity (Wildman–Crippen MR) is 129 cm³/mol. The largest absolute Gasteiger partial charge is 0.480 e. The standard InChI is InChI=1S/C25H22BrClF4N2O4/c1-23(2,3)11-18-24(12-32,16-8-7-15(27)10-17(16)28)19(13-5-4-6-14(26)9-13)20(21(34)35)33(18)25(29,30)22(36)37-31/h4-10,18-20H,11H2,1-3H3,(H,34,35)/t18-,19-,20+,24-/m0/s1. The van der Waals surface area contributed by atoms with Crippen LogP contribution >= 0.6 is 27.5 Å². The number of halogens is 6. The van der Waals surface area contributed by atoms with Crippen molar-refractivity contribution in [2.24, 2.45) is 5.41 Å². The number of carboxylic acids is 1. The van der Waals surface area contributed by atoms with E-state index >= 15 is 13.2 Å². The number of carbonyl (C=O) groups excluding carboxylic acids is 1. The van der Waals surface area contributed by atoms with Crippen LogP contribution in [0, 0.1) is 22.6 Å². The van der Waals surface area contributed by atoms with Gasteiger partial charge in [0.15, 0.2) is 0 Å². The zero-order valence-corrected chi connectivity index (χ0v) is 22.2. The molecule has 0 aromatic heterocycles. The van der Waals surface area contributed by atoms with Crippen molar-refractivity contribution in [3.8, 4) is 6.07 Å². The summed E-state index contributed by atoms with van der Waals surface area (Å²) in [4.78, 5) is 27.5. The predicted octanol–water partition coefficient (Wildman–Crippen LogP) is 6.38. The molecule has 2 aromatic carbocycles. The number of benzene rings is 2. The number of aliphatic carboxylic acids is 1. The third kappa shape index (κ3) is 5.07. The van der Waals surface area contributed by atoms with Crippen molar-refractivity contribution >= 4 is 39.5 Å². The van der Waals surface area contributed by atoms with Gasteiger partial charge in [-0.1, -0.05) is 66.5 Å². The molecule has 3 rings (SSSR count). The first-order chi connectivity index (χ1) is 17.1. The lowest BCUT2D eigenvalue weighted by atomic mass is 9.63. The molecule has 0 spiro atoms. The molecule has 0 radical (unpaired) electrons. The van der Waals surface area contributed by atoms with E-state index in [0.717, 1.165) is 12.1 Å². The Balaban J connectivity index is 2.54. The molecule has 37 heavy (non-hydrogen) atoms. The van der Waals surface area contributed by atoms with Crippen LogP contribution in [0.3, 0.4) is 0 Å². The average molecular weight is 606 g/mol. The molecule has 0 unspecified atom stereocenters. The number of nitriles is 1. The van der Waals surface area contributed by atoms with Gasteiger partial charge in [-0.3, -0.25) is 4.79 Å². The van der Waals surface area contributed by atoms with Gasteiger partial charge in [0.2, 0.25) is 0 Å². The number of hydrogen-bond acceptors (Lipinski definition) is 5.